The van der Waals surface area contributed by atoms with Gasteiger partial charge in [-0.25, -0.2) is 4.79 Å². The number of nitrogens with zero attached hydrogens (tertiary/aromatic N) is 1. The van der Waals surface area contributed by atoms with Crippen molar-refractivity contribution in [2.24, 2.45) is 5.41 Å². The van der Waals surface area contributed by atoms with Crippen molar-refractivity contribution in [3.05, 3.63) is 0 Å². The number of hydrogen-bond acceptors (Lipinski definition) is 10. The standard InChI is InChI=1S/C30H57NO10/c1-29(2,3)41-28(32)31-11-9-30(10-12-31)7-5-27(6-8-30)40-26-25-39-24-23-38-22-21-37-20-19-36-18-17-35-16-15-34-14-13-33-4/h27H,5-26H2,1-4H3. The molecule has 1 heterocycles. The Balaban J connectivity index is 1.31. The first-order valence-electron chi connectivity index (χ1n) is 15.4. The first kappa shape index (κ1) is 36.1. The highest BCUT2D eigenvalue weighted by Crippen LogP contribution is 2.45. The van der Waals surface area contributed by atoms with Gasteiger partial charge in [-0.2, -0.15) is 0 Å². The number of hydrogen-bond donors (Lipinski definition) is 0. The molecule has 0 unspecified atom stereocenters. The molecule has 0 aromatic carbocycles. The summed E-state index contributed by atoms with van der Waals surface area (Å²) in [5.41, 5.74) is -0.0836. The maximum Gasteiger partial charge on any atom is 0.410 e. The van der Waals surface area contributed by atoms with Gasteiger partial charge < -0.3 is 47.5 Å². The topological polar surface area (TPSA) is 103 Å². The van der Waals surface area contributed by atoms with E-state index in [2.05, 4.69) is 0 Å². The van der Waals surface area contributed by atoms with Crippen molar-refractivity contribution >= 4 is 6.09 Å². The first-order chi connectivity index (χ1) is 19.8. The van der Waals surface area contributed by atoms with Gasteiger partial charge in [0.05, 0.1) is 98.6 Å². The van der Waals surface area contributed by atoms with Crippen molar-refractivity contribution in [3.8, 4) is 0 Å². The van der Waals surface area contributed by atoms with Gasteiger partial charge in [-0.1, -0.05) is 0 Å². The molecule has 11 nitrogen and oxygen atoms in total. The van der Waals surface area contributed by atoms with Crippen LogP contribution in [0.25, 0.3) is 0 Å². The molecule has 11 heteroatoms. The minimum absolute atomic E-state index is 0.182. The zero-order chi connectivity index (χ0) is 29.7. The highest BCUT2D eigenvalue weighted by molar-refractivity contribution is 5.68. The third-order valence-electron chi connectivity index (χ3n) is 7.34. The SMILES string of the molecule is COCCOCCOCCOCCOCCOCCOCCOC1CCC2(CC1)CCN(C(=O)OC(C)(C)C)CC2. The predicted octanol–water partition coefficient (Wildman–Crippen LogP) is 3.71. The van der Waals surface area contributed by atoms with E-state index >= 15 is 0 Å². The normalized spacial score (nSPS) is 17.8. The number of ether oxygens (including phenoxy) is 9. The first-order valence-corrected chi connectivity index (χ1v) is 15.4. The van der Waals surface area contributed by atoms with Gasteiger partial charge in [-0.3, -0.25) is 0 Å². The maximum absolute atomic E-state index is 12.3. The minimum atomic E-state index is -0.443. The predicted molar refractivity (Wildman–Crippen MR) is 154 cm³/mol. The molecule has 1 spiro atoms. The van der Waals surface area contributed by atoms with Gasteiger partial charge in [0.15, 0.2) is 0 Å². The van der Waals surface area contributed by atoms with E-state index in [0.717, 1.165) is 38.8 Å². The second kappa shape index (κ2) is 21.6. The summed E-state index contributed by atoms with van der Waals surface area (Å²) in [6.07, 6.45) is 6.75. The lowest BCUT2D eigenvalue weighted by molar-refractivity contribution is -0.0509. The van der Waals surface area contributed by atoms with Crippen LogP contribution in [0.1, 0.15) is 59.3 Å². The molecule has 0 aromatic heterocycles. The summed E-state index contributed by atoms with van der Waals surface area (Å²) in [6, 6.07) is 0. The van der Waals surface area contributed by atoms with Gasteiger partial charge >= 0.3 is 6.09 Å². The minimum Gasteiger partial charge on any atom is -0.444 e. The van der Waals surface area contributed by atoms with Gasteiger partial charge in [0, 0.05) is 20.2 Å². The molecule has 1 aliphatic carbocycles. The Labute approximate surface area is 247 Å². The van der Waals surface area contributed by atoms with E-state index in [1.807, 2.05) is 25.7 Å². The lowest BCUT2D eigenvalue weighted by Gasteiger charge is -2.45. The highest BCUT2D eigenvalue weighted by atomic mass is 16.6. The van der Waals surface area contributed by atoms with Crippen LogP contribution in [0.3, 0.4) is 0 Å². The summed E-state index contributed by atoms with van der Waals surface area (Å²) in [4.78, 5) is 14.2. The van der Waals surface area contributed by atoms with Crippen LogP contribution in [0.2, 0.25) is 0 Å². The molecule has 0 aromatic rings. The van der Waals surface area contributed by atoms with Gasteiger partial charge in [0.25, 0.3) is 0 Å². The third kappa shape index (κ3) is 17.6. The molecular weight excluding hydrogens is 534 g/mol. The average molecular weight is 592 g/mol. The average Bonchev–Trinajstić information content (AvgIpc) is 2.94. The summed E-state index contributed by atoms with van der Waals surface area (Å²) in [5, 5.41) is 0. The summed E-state index contributed by atoms with van der Waals surface area (Å²) in [5.74, 6) is 0. The van der Waals surface area contributed by atoms with E-state index in [1.165, 1.54) is 12.8 Å². The van der Waals surface area contributed by atoms with Crippen LogP contribution in [0.4, 0.5) is 4.79 Å². The van der Waals surface area contributed by atoms with Crippen molar-refractivity contribution in [1.29, 1.82) is 0 Å². The Morgan fingerprint density at radius 2 is 1.02 bits per heavy atom. The molecule has 2 fully saturated rings. The Hall–Kier alpha value is -1.05. The number of methoxy groups -OCH3 is 1. The van der Waals surface area contributed by atoms with Gasteiger partial charge in [0.2, 0.25) is 0 Å². The lowest BCUT2D eigenvalue weighted by Crippen LogP contribution is -2.46. The third-order valence-corrected chi connectivity index (χ3v) is 7.34. The molecule has 0 N–H and O–H groups in total. The van der Waals surface area contributed by atoms with E-state index < -0.39 is 5.60 Å². The fraction of sp³-hybridized carbons (Fsp3) is 0.967. The Morgan fingerprint density at radius 1 is 0.634 bits per heavy atom. The van der Waals surface area contributed by atoms with Crippen LogP contribution < -0.4 is 0 Å². The van der Waals surface area contributed by atoms with E-state index in [0.29, 0.717) is 104 Å². The van der Waals surface area contributed by atoms with Crippen LogP contribution in [-0.2, 0) is 42.6 Å². The molecule has 41 heavy (non-hydrogen) atoms. The van der Waals surface area contributed by atoms with Crippen molar-refractivity contribution in [3.63, 3.8) is 0 Å². The van der Waals surface area contributed by atoms with Crippen molar-refractivity contribution in [1.82, 2.24) is 4.90 Å². The smallest absolute Gasteiger partial charge is 0.410 e. The number of likely N-dealkylation sites (tertiary alicyclic amines) is 1. The van der Waals surface area contributed by atoms with Crippen molar-refractivity contribution in [2.45, 2.75) is 71.0 Å². The number of rotatable bonds is 22. The van der Waals surface area contributed by atoms with E-state index in [1.54, 1.807) is 7.11 Å². The summed E-state index contributed by atoms with van der Waals surface area (Å²) >= 11 is 0. The van der Waals surface area contributed by atoms with Crippen LogP contribution in [0.15, 0.2) is 0 Å². The molecule has 0 bridgehead atoms. The number of amides is 1. The zero-order valence-corrected chi connectivity index (χ0v) is 26.2. The largest absolute Gasteiger partial charge is 0.444 e. The summed E-state index contributed by atoms with van der Waals surface area (Å²) in [7, 11) is 1.65. The van der Waals surface area contributed by atoms with Crippen LogP contribution in [0, 0.1) is 5.41 Å². The molecule has 0 atom stereocenters. The molecule has 1 aliphatic heterocycles. The van der Waals surface area contributed by atoms with E-state index in [9.17, 15) is 4.79 Å². The number of carbonyl (C=O) groups is 1. The van der Waals surface area contributed by atoms with Crippen molar-refractivity contribution < 1.29 is 47.4 Å². The van der Waals surface area contributed by atoms with Gasteiger partial charge in [-0.05, 0) is 64.7 Å². The summed E-state index contributed by atoms with van der Waals surface area (Å²) in [6.45, 7) is 15.1. The summed E-state index contributed by atoms with van der Waals surface area (Å²) < 4.78 is 49.4. The second-order valence-corrected chi connectivity index (χ2v) is 11.7. The molecule has 2 rings (SSSR count). The van der Waals surface area contributed by atoms with Crippen LogP contribution in [-0.4, -0.2) is 135 Å². The Bertz CT molecular complexity index is 642. The zero-order valence-electron chi connectivity index (χ0n) is 26.2. The van der Waals surface area contributed by atoms with Crippen LogP contribution in [0.5, 0.6) is 0 Å². The lowest BCUT2D eigenvalue weighted by atomic mass is 9.67. The fourth-order valence-electron chi connectivity index (χ4n) is 4.98. The monoisotopic (exact) mass is 591 g/mol. The molecule has 0 radical (unpaired) electrons. The number of carbonyl (C=O) groups excluding carboxylic acids is 1. The number of piperidine rings is 1. The maximum atomic E-state index is 12.3. The van der Waals surface area contributed by atoms with E-state index in [-0.39, 0.29) is 6.09 Å². The molecule has 1 saturated heterocycles. The molecule has 2 aliphatic rings. The quantitative estimate of drug-likeness (QED) is 0.173. The Morgan fingerprint density at radius 3 is 1.41 bits per heavy atom. The van der Waals surface area contributed by atoms with Gasteiger partial charge in [0.1, 0.15) is 5.60 Å². The second-order valence-electron chi connectivity index (χ2n) is 11.7. The fourth-order valence-corrected chi connectivity index (χ4v) is 4.98. The van der Waals surface area contributed by atoms with E-state index in [4.69, 9.17) is 42.6 Å². The van der Waals surface area contributed by atoms with Crippen molar-refractivity contribution in [2.75, 3.05) is 113 Å². The Kier molecular flexibility index (Phi) is 19.0. The molecule has 1 saturated carbocycles. The van der Waals surface area contributed by atoms with Gasteiger partial charge in [-0.15, -0.1) is 0 Å². The van der Waals surface area contributed by atoms with Crippen LogP contribution >= 0.6 is 0 Å². The molecular formula is C30H57NO10. The molecule has 242 valence electrons. The molecule has 1 amide bonds. The highest BCUT2D eigenvalue weighted by Gasteiger charge is 2.40.